The molecule has 0 bridgehead atoms. The Bertz CT molecular complexity index is 612. The molecule has 2 fully saturated rings. The first kappa shape index (κ1) is 18.3. The van der Waals surface area contributed by atoms with E-state index in [-0.39, 0.29) is 23.8 Å². The second-order valence-electron chi connectivity index (χ2n) is 7.09. The van der Waals surface area contributed by atoms with Crippen LogP contribution in [-0.2, 0) is 16.1 Å². The van der Waals surface area contributed by atoms with Gasteiger partial charge in [0.15, 0.2) is 0 Å². The van der Waals surface area contributed by atoms with E-state index in [9.17, 15) is 9.59 Å². The van der Waals surface area contributed by atoms with Gasteiger partial charge >= 0.3 is 0 Å². The number of likely N-dealkylation sites (N-methyl/N-ethyl adjacent to an activating group) is 1. The predicted molar refractivity (Wildman–Crippen MR) is 99.3 cm³/mol. The zero-order valence-corrected chi connectivity index (χ0v) is 15.8. The Morgan fingerprint density at radius 2 is 2.12 bits per heavy atom. The lowest BCUT2D eigenvalue weighted by molar-refractivity contribution is -0.139. The van der Waals surface area contributed by atoms with Gasteiger partial charge in [-0.05, 0) is 26.9 Å². The lowest BCUT2D eigenvalue weighted by Gasteiger charge is -2.25. The summed E-state index contributed by atoms with van der Waals surface area (Å²) in [5.41, 5.74) is 0.689. The maximum absolute atomic E-state index is 12.7. The molecule has 1 N–H and O–H groups in total. The summed E-state index contributed by atoms with van der Waals surface area (Å²) in [7, 11) is 4.03. The van der Waals surface area contributed by atoms with Gasteiger partial charge in [-0.1, -0.05) is 12.8 Å². The van der Waals surface area contributed by atoms with E-state index in [2.05, 4.69) is 15.3 Å². The first-order valence-corrected chi connectivity index (χ1v) is 10.1. The molecule has 1 aliphatic carbocycles. The average Bonchev–Trinajstić information content (AvgIpc) is 3.32. The number of carbonyl (C=O) groups excluding carboxylic acids is 2. The minimum absolute atomic E-state index is 0.108. The molecule has 2 amide bonds. The van der Waals surface area contributed by atoms with Crippen molar-refractivity contribution in [1.29, 1.82) is 0 Å². The van der Waals surface area contributed by atoms with E-state index in [1.807, 2.05) is 25.0 Å². The predicted octanol–water partition coefficient (Wildman–Crippen LogP) is 1.47. The van der Waals surface area contributed by atoms with E-state index >= 15 is 0 Å². The van der Waals surface area contributed by atoms with Crippen molar-refractivity contribution in [2.45, 2.75) is 38.3 Å². The highest BCUT2D eigenvalue weighted by molar-refractivity contribution is 7.99. The summed E-state index contributed by atoms with van der Waals surface area (Å²) in [5.74, 6) is 1.45. The minimum atomic E-state index is -0.372. The van der Waals surface area contributed by atoms with Crippen molar-refractivity contribution in [1.82, 2.24) is 19.6 Å². The van der Waals surface area contributed by atoms with E-state index in [1.54, 1.807) is 22.9 Å². The molecule has 25 heavy (non-hydrogen) atoms. The largest absolute Gasteiger partial charge is 0.322 e. The molecule has 138 valence electrons. The fourth-order valence-electron chi connectivity index (χ4n) is 3.36. The standard InChI is InChI=1S/C17H27N5O2S/c1-20(2)7-8-21-10-14(9-18-21)19-16(23)15-11-25-12-22(15)17(24)13-5-3-4-6-13/h9-10,13,15H,3-8,11-12H2,1-2H3,(H,19,23). The highest BCUT2D eigenvalue weighted by atomic mass is 32.2. The first-order valence-electron chi connectivity index (χ1n) is 8.91. The Labute approximate surface area is 153 Å². The van der Waals surface area contributed by atoms with Crippen LogP contribution in [0.25, 0.3) is 0 Å². The number of anilines is 1. The molecular formula is C17H27N5O2S. The summed E-state index contributed by atoms with van der Waals surface area (Å²) in [4.78, 5) is 29.2. The van der Waals surface area contributed by atoms with Gasteiger partial charge in [0.2, 0.25) is 11.8 Å². The van der Waals surface area contributed by atoms with Crippen LogP contribution in [0.2, 0.25) is 0 Å². The molecule has 1 atom stereocenters. The lowest BCUT2D eigenvalue weighted by atomic mass is 10.1. The summed E-state index contributed by atoms with van der Waals surface area (Å²) in [5, 5.41) is 7.20. The summed E-state index contributed by atoms with van der Waals surface area (Å²) in [6.07, 6.45) is 7.69. The van der Waals surface area contributed by atoms with Crippen LogP contribution in [0.5, 0.6) is 0 Å². The number of thioether (sulfide) groups is 1. The molecule has 2 heterocycles. The Morgan fingerprint density at radius 1 is 1.36 bits per heavy atom. The van der Waals surface area contributed by atoms with Crippen LogP contribution in [-0.4, -0.2) is 69.7 Å². The number of rotatable bonds is 6. The second-order valence-corrected chi connectivity index (χ2v) is 8.09. The van der Waals surface area contributed by atoms with E-state index < -0.39 is 0 Å². The third kappa shape index (κ3) is 4.55. The summed E-state index contributed by atoms with van der Waals surface area (Å²) < 4.78 is 1.82. The van der Waals surface area contributed by atoms with Gasteiger partial charge in [0.1, 0.15) is 6.04 Å². The highest BCUT2D eigenvalue weighted by Gasteiger charge is 2.38. The van der Waals surface area contributed by atoms with Crippen LogP contribution in [0.1, 0.15) is 25.7 Å². The third-order valence-electron chi connectivity index (χ3n) is 4.85. The minimum Gasteiger partial charge on any atom is -0.322 e. The van der Waals surface area contributed by atoms with Crippen molar-refractivity contribution >= 4 is 29.3 Å². The first-order chi connectivity index (χ1) is 12.0. The molecular weight excluding hydrogens is 338 g/mol. The number of carbonyl (C=O) groups is 2. The molecule has 1 aliphatic heterocycles. The number of nitrogens with zero attached hydrogens (tertiary/aromatic N) is 4. The molecule has 7 nitrogen and oxygen atoms in total. The van der Waals surface area contributed by atoms with E-state index in [4.69, 9.17) is 0 Å². The van der Waals surface area contributed by atoms with Crippen LogP contribution in [0, 0.1) is 5.92 Å². The third-order valence-corrected chi connectivity index (χ3v) is 5.86. The van der Waals surface area contributed by atoms with Crippen LogP contribution >= 0.6 is 11.8 Å². The summed E-state index contributed by atoms with van der Waals surface area (Å²) >= 11 is 1.65. The van der Waals surface area contributed by atoms with Gasteiger partial charge in [0, 0.05) is 24.4 Å². The summed E-state index contributed by atoms with van der Waals surface area (Å²) in [6, 6.07) is -0.372. The number of hydrogen-bond donors (Lipinski definition) is 1. The molecule has 1 unspecified atom stereocenters. The molecule has 0 radical (unpaired) electrons. The zero-order chi connectivity index (χ0) is 17.8. The van der Waals surface area contributed by atoms with Crippen molar-refractivity contribution < 1.29 is 9.59 Å². The SMILES string of the molecule is CN(C)CCn1cc(NC(=O)C2CSCN2C(=O)C2CCCC2)cn1. The Kier molecular flexibility index (Phi) is 6.01. The maximum atomic E-state index is 12.7. The normalized spacial score (nSPS) is 21.2. The van der Waals surface area contributed by atoms with Crippen LogP contribution in [0.3, 0.4) is 0 Å². The highest BCUT2D eigenvalue weighted by Crippen LogP contribution is 2.31. The molecule has 3 rings (SSSR count). The van der Waals surface area contributed by atoms with Gasteiger partial charge in [0.05, 0.1) is 24.3 Å². The van der Waals surface area contributed by atoms with Crippen molar-refractivity contribution in [3.05, 3.63) is 12.4 Å². The molecule has 0 aromatic carbocycles. The van der Waals surface area contributed by atoms with Crippen LogP contribution < -0.4 is 5.32 Å². The average molecular weight is 366 g/mol. The van der Waals surface area contributed by atoms with Crippen molar-refractivity contribution in [3.8, 4) is 0 Å². The van der Waals surface area contributed by atoms with Gasteiger partial charge in [-0.25, -0.2) is 0 Å². The monoisotopic (exact) mass is 365 g/mol. The fourth-order valence-corrected chi connectivity index (χ4v) is 4.53. The molecule has 1 aromatic rings. The lowest BCUT2D eigenvalue weighted by Crippen LogP contribution is -2.46. The number of amides is 2. The van der Waals surface area contributed by atoms with Gasteiger partial charge < -0.3 is 15.1 Å². The summed E-state index contributed by atoms with van der Waals surface area (Å²) in [6.45, 7) is 1.66. The molecule has 1 aromatic heterocycles. The molecule has 1 saturated heterocycles. The Hall–Kier alpha value is -1.54. The molecule has 0 spiro atoms. The van der Waals surface area contributed by atoms with Gasteiger partial charge in [-0.3, -0.25) is 14.3 Å². The number of nitrogens with one attached hydrogen (secondary N) is 1. The van der Waals surface area contributed by atoms with Crippen molar-refractivity contribution in [2.24, 2.45) is 5.92 Å². The Balaban J connectivity index is 1.57. The zero-order valence-electron chi connectivity index (χ0n) is 15.0. The quantitative estimate of drug-likeness (QED) is 0.827. The maximum Gasteiger partial charge on any atom is 0.248 e. The topological polar surface area (TPSA) is 70.5 Å². The van der Waals surface area contributed by atoms with Crippen LogP contribution in [0.4, 0.5) is 5.69 Å². The van der Waals surface area contributed by atoms with Crippen LogP contribution in [0.15, 0.2) is 12.4 Å². The van der Waals surface area contributed by atoms with E-state index in [0.29, 0.717) is 17.3 Å². The second kappa shape index (κ2) is 8.23. The van der Waals surface area contributed by atoms with E-state index in [0.717, 1.165) is 38.8 Å². The molecule has 2 aliphatic rings. The van der Waals surface area contributed by atoms with Gasteiger partial charge in [-0.15, -0.1) is 11.8 Å². The molecule has 1 saturated carbocycles. The molecule has 8 heteroatoms. The van der Waals surface area contributed by atoms with Crippen molar-refractivity contribution in [2.75, 3.05) is 37.6 Å². The number of hydrogen-bond acceptors (Lipinski definition) is 5. The fraction of sp³-hybridized carbons (Fsp3) is 0.706. The van der Waals surface area contributed by atoms with E-state index in [1.165, 1.54) is 0 Å². The van der Waals surface area contributed by atoms with Gasteiger partial charge in [0.25, 0.3) is 0 Å². The van der Waals surface area contributed by atoms with Gasteiger partial charge in [-0.2, -0.15) is 5.10 Å². The smallest absolute Gasteiger partial charge is 0.248 e. The Morgan fingerprint density at radius 3 is 2.84 bits per heavy atom. The van der Waals surface area contributed by atoms with Crippen molar-refractivity contribution in [3.63, 3.8) is 0 Å². The number of aromatic nitrogens is 2.